The van der Waals surface area contributed by atoms with Gasteiger partial charge >= 0.3 is 21.1 Å². The molecule has 0 N–H and O–H groups in total. The maximum Gasteiger partial charge on any atom is 4.00 e. The maximum atomic E-state index is 6.22. The smallest absolute Gasteiger partial charge is 0.559 e. The molecule has 2 aliphatic rings. The second-order valence-corrected chi connectivity index (χ2v) is 10.6. The van der Waals surface area contributed by atoms with E-state index in [0.29, 0.717) is 0 Å². The molecule has 2 aliphatic heterocycles. The van der Waals surface area contributed by atoms with Crippen LogP contribution in [0, 0.1) is 17.5 Å². The normalized spacial score (nSPS) is 19.1. The standard InChI is InChI=1S/C33H24N4O2.Pt/c1-33(2,29-17-19-36(34-29)25-13-7-11-23-21-9-3-5-15-27(21)38-31(23)25)30-18-20-37(35-30)26-14-8-12-24-22-10-4-6-16-28(22)39-32(24)26;/h3-12,15-20,29-30H,1-2H3;/q-4;+4. The molecule has 0 fully saturated rings. The molecule has 2 unspecified atom stereocenters. The van der Waals surface area contributed by atoms with Crippen molar-refractivity contribution in [2.75, 3.05) is 10.0 Å². The van der Waals surface area contributed by atoms with Gasteiger partial charge in [-0.2, -0.15) is 36.4 Å². The van der Waals surface area contributed by atoms with Crippen molar-refractivity contribution in [3.63, 3.8) is 0 Å². The van der Waals surface area contributed by atoms with E-state index in [1.165, 1.54) is 0 Å². The van der Waals surface area contributed by atoms with Gasteiger partial charge in [-0.05, 0) is 24.5 Å². The number of fused-ring (bicyclic) bond motifs is 6. The Morgan fingerprint density at radius 2 is 1.10 bits per heavy atom. The third-order valence-electron chi connectivity index (χ3n) is 7.94. The summed E-state index contributed by atoms with van der Waals surface area (Å²) in [6.45, 7) is 4.40. The number of anilines is 2. The van der Waals surface area contributed by atoms with Crippen LogP contribution in [0.1, 0.15) is 13.8 Å². The van der Waals surface area contributed by atoms with Gasteiger partial charge in [0.15, 0.2) is 0 Å². The van der Waals surface area contributed by atoms with Crippen LogP contribution in [0.5, 0.6) is 0 Å². The maximum absolute atomic E-state index is 6.22. The average molecular weight is 704 g/mol. The van der Waals surface area contributed by atoms with Crippen molar-refractivity contribution in [1.82, 2.24) is 0 Å². The number of furan rings is 2. The minimum atomic E-state index is -0.292. The van der Waals surface area contributed by atoms with E-state index in [2.05, 4.69) is 50.3 Å². The van der Waals surface area contributed by atoms with E-state index in [-0.39, 0.29) is 38.6 Å². The number of para-hydroxylation sites is 2. The molecule has 4 aromatic carbocycles. The van der Waals surface area contributed by atoms with Gasteiger partial charge < -0.3 is 29.7 Å². The van der Waals surface area contributed by atoms with Gasteiger partial charge in [0.1, 0.15) is 11.2 Å². The SMILES string of the molecule is CC(C)(C1C=CN(c2[c-]ccc3c2oc2ccccc23)[N-]1)C1C=CN(c2[c-]ccc3c2oc2ccccc23)[N-]1.[Pt+4]. The largest absolute Gasteiger partial charge is 4.00 e. The fraction of sp³-hybridized carbons (Fsp3) is 0.152. The molecular formula is C33H24N4O2Pt. The van der Waals surface area contributed by atoms with E-state index in [1.54, 1.807) is 0 Å². The number of benzene rings is 4. The molecule has 0 saturated heterocycles. The Bertz CT molecular complexity index is 1810. The predicted octanol–water partition coefficient (Wildman–Crippen LogP) is 8.79. The summed E-state index contributed by atoms with van der Waals surface area (Å²) in [5, 5.41) is 8.08. The van der Waals surface area contributed by atoms with Crippen LogP contribution in [0.3, 0.4) is 0 Å². The zero-order valence-corrected chi connectivity index (χ0v) is 24.1. The minimum absolute atomic E-state index is 0. The molecule has 198 valence electrons. The fourth-order valence-corrected chi connectivity index (χ4v) is 5.67. The van der Waals surface area contributed by atoms with Crippen molar-refractivity contribution in [1.29, 1.82) is 0 Å². The summed E-state index contributed by atoms with van der Waals surface area (Å²) in [4.78, 5) is 0. The second kappa shape index (κ2) is 9.38. The van der Waals surface area contributed by atoms with Gasteiger partial charge in [-0.25, -0.2) is 0 Å². The van der Waals surface area contributed by atoms with Gasteiger partial charge in [-0.15, -0.1) is 0 Å². The van der Waals surface area contributed by atoms with Crippen LogP contribution in [0.4, 0.5) is 11.4 Å². The molecule has 0 aliphatic carbocycles. The number of nitrogens with zero attached hydrogens (tertiary/aromatic N) is 4. The minimum Gasteiger partial charge on any atom is -0.559 e. The molecule has 40 heavy (non-hydrogen) atoms. The molecule has 0 spiro atoms. The van der Waals surface area contributed by atoms with E-state index in [1.807, 2.05) is 83.1 Å². The fourth-order valence-electron chi connectivity index (χ4n) is 5.67. The van der Waals surface area contributed by atoms with Crippen molar-refractivity contribution in [3.8, 4) is 0 Å². The van der Waals surface area contributed by atoms with E-state index in [4.69, 9.17) is 19.7 Å². The Kier molecular flexibility index (Phi) is 5.90. The van der Waals surface area contributed by atoms with Gasteiger partial charge in [0.25, 0.3) is 0 Å². The van der Waals surface area contributed by atoms with Crippen LogP contribution in [0.2, 0.25) is 0 Å². The Hall–Kier alpha value is -3.83. The topological polar surface area (TPSA) is 61.0 Å². The number of hydrogen-bond donors (Lipinski definition) is 0. The van der Waals surface area contributed by atoms with Crippen LogP contribution in [0.15, 0.2) is 106 Å². The second-order valence-electron chi connectivity index (χ2n) is 10.6. The Morgan fingerprint density at radius 3 is 1.57 bits per heavy atom. The summed E-state index contributed by atoms with van der Waals surface area (Å²) in [5.41, 5.74) is 14.8. The van der Waals surface area contributed by atoms with Crippen molar-refractivity contribution in [2.45, 2.75) is 25.9 Å². The van der Waals surface area contributed by atoms with E-state index >= 15 is 0 Å². The van der Waals surface area contributed by atoms with Crippen LogP contribution in [-0.2, 0) is 21.1 Å². The Morgan fingerprint density at radius 1 is 0.650 bits per heavy atom. The van der Waals surface area contributed by atoms with Crippen molar-refractivity contribution in [3.05, 3.63) is 120 Å². The van der Waals surface area contributed by atoms with Crippen LogP contribution < -0.4 is 10.0 Å². The first kappa shape index (κ1) is 25.2. The molecule has 0 radical (unpaired) electrons. The summed E-state index contributed by atoms with van der Waals surface area (Å²) in [7, 11) is 0. The predicted molar refractivity (Wildman–Crippen MR) is 156 cm³/mol. The van der Waals surface area contributed by atoms with Crippen molar-refractivity contribution in [2.24, 2.45) is 5.41 Å². The molecule has 0 saturated carbocycles. The summed E-state index contributed by atoms with van der Waals surface area (Å²) in [6, 6.07) is 30.6. The van der Waals surface area contributed by atoms with Crippen LogP contribution in [0.25, 0.3) is 54.7 Å². The first-order chi connectivity index (χ1) is 19.1. The zero-order chi connectivity index (χ0) is 26.1. The molecule has 6 aromatic rings. The van der Waals surface area contributed by atoms with E-state index in [9.17, 15) is 0 Å². The third-order valence-corrected chi connectivity index (χ3v) is 7.94. The molecule has 2 atom stereocenters. The number of rotatable bonds is 4. The summed E-state index contributed by atoms with van der Waals surface area (Å²) < 4.78 is 12.4. The quantitative estimate of drug-likeness (QED) is 0.172. The summed E-state index contributed by atoms with van der Waals surface area (Å²) in [5.74, 6) is 0. The third kappa shape index (κ3) is 3.75. The van der Waals surface area contributed by atoms with Gasteiger partial charge in [-0.1, -0.05) is 102 Å². The first-order valence-corrected chi connectivity index (χ1v) is 13.1. The average Bonchev–Trinajstić information content (AvgIpc) is 3.76. The zero-order valence-electron chi connectivity index (χ0n) is 21.8. The van der Waals surface area contributed by atoms with Crippen LogP contribution >= 0.6 is 0 Å². The van der Waals surface area contributed by atoms with Gasteiger partial charge in [0, 0.05) is 21.9 Å². The van der Waals surface area contributed by atoms with Crippen LogP contribution in [-0.4, -0.2) is 12.1 Å². The first-order valence-electron chi connectivity index (χ1n) is 13.1. The van der Waals surface area contributed by atoms with Crippen molar-refractivity contribution >= 4 is 55.3 Å². The monoisotopic (exact) mass is 703 g/mol. The molecular weight excluding hydrogens is 679 g/mol. The molecule has 4 heterocycles. The molecule has 0 amide bonds. The molecule has 6 nitrogen and oxygen atoms in total. The van der Waals surface area contributed by atoms with Gasteiger partial charge in [-0.3, -0.25) is 0 Å². The summed E-state index contributed by atoms with van der Waals surface area (Å²) in [6.07, 6.45) is 8.27. The molecule has 0 bridgehead atoms. The van der Waals surface area contributed by atoms with Gasteiger partial charge in [0.2, 0.25) is 0 Å². The van der Waals surface area contributed by atoms with Crippen molar-refractivity contribution < 1.29 is 29.9 Å². The van der Waals surface area contributed by atoms with E-state index in [0.717, 1.165) is 55.3 Å². The van der Waals surface area contributed by atoms with Gasteiger partial charge in [0.05, 0.1) is 0 Å². The molecule has 8 rings (SSSR count). The molecule has 7 heteroatoms. The Labute approximate surface area is 246 Å². The summed E-state index contributed by atoms with van der Waals surface area (Å²) >= 11 is 0. The number of hydrogen-bond acceptors (Lipinski definition) is 4. The Balaban J connectivity index is 0.00000264. The molecule has 2 aromatic heterocycles. The van der Waals surface area contributed by atoms with E-state index < -0.39 is 0 Å².